The number of carbonyl (C=O) groups is 2. The number of aromatic hydroxyl groups is 1. The van der Waals surface area contributed by atoms with Crippen LogP contribution in [0.1, 0.15) is 17.3 Å². The van der Waals surface area contributed by atoms with Crippen molar-refractivity contribution in [2.45, 2.75) is 6.92 Å². The van der Waals surface area contributed by atoms with Crippen molar-refractivity contribution >= 4 is 34.1 Å². The fourth-order valence-corrected chi connectivity index (χ4v) is 1.93. The van der Waals surface area contributed by atoms with E-state index in [1.165, 1.54) is 12.1 Å². The topological polar surface area (TPSA) is 63.6 Å². The molecule has 5 heteroatoms. The van der Waals surface area contributed by atoms with Crippen molar-refractivity contribution in [1.29, 1.82) is 0 Å². The molecule has 4 nitrogen and oxygen atoms in total. The second-order valence-corrected chi connectivity index (χ2v) is 4.35. The van der Waals surface area contributed by atoms with Crippen molar-refractivity contribution in [2.24, 2.45) is 0 Å². The molecule has 0 unspecified atom stereocenters. The van der Waals surface area contributed by atoms with Crippen molar-refractivity contribution in [2.75, 3.05) is 6.61 Å². The van der Waals surface area contributed by atoms with Crippen molar-refractivity contribution in [3.8, 4) is 5.75 Å². The van der Waals surface area contributed by atoms with Gasteiger partial charge < -0.3 is 9.84 Å². The Balaban J connectivity index is 2.51. The molecule has 2 aromatic rings. The minimum absolute atomic E-state index is 0.0896. The summed E-state index contributed by atoms with van der Waals surface area (Å²) in [6, 6.07) is 7.89. The third-order valence-electron chi connectivity index (χ3n) is 2.62. The van der Waals surface area contributed by atoms with Gasteiger partial charge >= 0.3 is 5.97 Å². The maximum Gasteiger partial charge on any atom is 0.379 e. The van der Waals surface area contributed by atoms with E-state index in [-0.39, 0.29) is 17.9 Å². The number of halogens is 1. The predicted molar refractivity (Wildman–Crippen MR) is 71.6 cm³/mol. The van der Waals surface area contributed by atoms with Gasteiger partial charge in [-0.3, -0.25) is 4.79 Å². The Bertz CT molecular complexity index is 664. The molecule has 0 amide bonds. The molecule has 0 saturated carbocycles. The first kappa shape index (κ1) is 13.4. The average Bonchev–Trinajstić information content (AvgIpc) is 2.38. The number of phenolic OH excluding ortho intramolecular Hbond substituents is 1. The van der Waals surface area contributed by atoms with Crippen LogP contribution in [0, 0.1) is 0 Å². The van der Waals surface area contributed by atoms with Crippen LogP contribution in [-0.2, 0) is 9.53 Å². The third-order valence-corrected chi connectivity index (χ3v) is 2.86. The van der Waals surface area contributed by atoms with E-state index in [0.717, 1.165) is 5.39 Å². The molecule has 1 N–H and O–H groups in total. The van der Waals surface area contributed by atoms with Gasteiger partial charge in [0.25, 0.3) is 5.78 Å². The van der Waals surface area contributed by atoms with E-state index >= 15 is 0 Å². The van der Waals surface area contributed by atoms with Crippen molar-refractivity contribution in [3.05, 3.63) is 40.9 Å². The smallest absolute Gasteiger partial charge is 0.379 e. The van der Waals surface area contributed by atoms with Crippen molar-refractivity contribution in [3.63, 3.8) is 0 Å². The number of esters is 1. The van der Waals surface area contributed by atoms with E-state index < -0.39 is 11.8 Å². The lowest BCUT2D eigenvalue weighted by atomic mass is 10.0. The van der Waals surface area contributed by atoms with Gasteiger partial charge in [-0.1, -0.05) is 17.7 Å². The fraction of sp³-hybridized carbons (Fsp3) is 0.143. The van der Waals surface area contributed by atoms with Crippen molar-refractivity contribution < 1.29 is 19.4 Å². The molecule has 19 heavy (non-hydrogen) atoms. The second-order valence-electron chi connectivity index (χ2n) is 3.91. The molecule has 0 aromatic heterocycles. The lowest BCUT2D eigenvalue weighted by Gasteiger charge is -2.06. The van der Waals surface area contributed by atoms with Gasteiger partial charge in [-0.15, -0.1) is 0 Å². The minimum Gasteiger partial charge on any atom is -0.507 e. The molecule has 0 atom stereocenters. The zero-order chi connectivity index (χ0) is 14.0. The summed E-state index contributed by atoms with van der Waals surface area (Å²) in [5, 5.41) is 11.7. The normalized spacial score (nSPS) is 10.4. The molecule has 98 valence electrons. The molecule has 0 aliphatic carbocycles. The summed E-state index contributed by atoms with van der Waals surface area (Å²) in [6.45, 7) is 1.70. The van der Waals surface area contributed by atoms with Gasteiger partial charge in [-0.25, -0.2) is 4.79 Å². The summed E-state index contributed by atoms with van der Waals surface area (Å²) in [5.41, 5.74) is -0.0896. The summed E-state index contributed by atoms with van der Waals surface area (Å²) >= 11 is 5.86. The van der Waals surface area contributed by atoms with Crippen molar-refractivity contribution in [1.82, 2.24) is 0 Å². The summed E-state index contributed by atoms with van der Waals surface area (Å²) in [7, 11) is 0. The predicted octanol–water partition coefficient (Wildman–Crippen LogP) is 2.94. The lowest BCUT2D eigenvalue weighted by molar-refractivity contribution is -0.137. The Labute approximate surface area is 114 Å². The highest BCUT2D eigenvalue weighted by Crippen LogP contribution is 2.27. The van der Waals surface area contributed by atoms with E-state index in [2.05, 4.69) is 4.74 Å². The Morgan fingerprint density at radius 3 is 2.63 bits per heavy atom. The molecule has 0 bridgehead atoms. The highest BCUT2D eigenvalue weighted by molar-refractivity contribution is 6.41. The number of phenols is 1. The van der Waals surface area contributed by atoms with Crippen LogP contribution in [0.15, 0.2) is 30.3 Å². The summed E-state index contributed by atoms with van der Waals surface area (Å²) in [4.78, 5) is 23.2. The number of ketones is 1. The van der Waals surface area contributed by atoms with E-state index in [4.69, 9.17) is 11.6 Å². The average molecular weight is 279 g/mol. The molecule has 0 aliphatic rings. The van der Waals surface area contributed by atoms with Crippen LogP contribution in [0.4, 0.5) is 0 Å². The SMILES string of the molecule is CCOC(=O)C(=O)c1cc2cc(Cl)ccc2cc1O. The molecule has 0 heterocycles. The molecular weight excluding hydrogens is 268 g/mol. The molecule has 0 saturated heterocycles. The van der Waals surface area contributed by atoms with E-state index in [1.807, 2.05) is 0 Å². The third kappa shape index (κ3) is 2.69. The lowest BCUT2D eigenvalue weighted by Crippen LogP contribution is -2.17. The van der Waals surface area contributed by atoms with Crippen LogP contribution in [-0.4, -0.2) is 23.5 Å². The molecule has 0 fully saturated rings. The van der Waals surface area contributed by atoms with E-state index in [9.17, 15) is 14.7 Å². The number of benzene rings is 2. The summed E-state index contributed by atoms with van der Waals surface area (Å²) in [6.07, 6.45) is 0. The number of hydrogen-bond acceptors (Lipinski definition) is 4. The van der Waals surface area contributed by atoms with Gasteiger partial charge in [0, 0.05) is 5.02 Å². The van der Waals surface area contributed by atoms with Crippen LogP contribution in [0.3, 0.4) is 0 Å². The van der Waals surface area contributed by atoms with Crippen LogP contribution in [0.25, 0.3) is 10.8 Å². The van der Waals surface area contributed by atoms with Crippen LogP contribution in [0.2, 0.25) is 5.02 Å². The number of fused-ring (bicyclic) bond motifs is 1. The summed E-state index contributed by atoms with van der Waals surface area (Å²) in [5.74, 6) is -2.12. The van der Waals surface area contributed by atoms with Gasteiger partial charge in [0.05, 0.1) is 12.2 Å². The standard InChI is InChI=1S/C14H11ClO4/c1-2-19-14(18)13(17)11-6-9-5-10(15)4-3-8(9)7-12(11)16/h3-7,16H,2H2,1H3. The largest absolute Gasteiger partial charge is 0.507 e. The number of ether oxygens (including phenoxy) is 1. The minimum atomic E-state index is -0.987. The zero-order valence-corrected chi connectivity index (χ0v) is 10.9. The number of rotatable bonds is 3. The van der Waals surface area contributed by atoms with Crippen LogP contribution >= 0.6 is 11.6 Å². The first-order valence-corrected chi connectivity index (χ1v) is 6.04. The van der Waals surface area contributed by atoms with Gasteiger partial charge in [-0.2, -0.15) is 0 Å². The molecular formula is C14H11ClO4. The molecule has 0 aliphatic heterocycles. The Hall–Kier alpha value is -2.07. The number of Topliss-reactive ketones (excluding diaryl/α,β-unsaturated/α-hetero) is 1. The van der Waals surface area contributed by atoms with Crippen LogP contribution in [0.5, 0.6) is 5.75 Å². The molecule has 2 aromatic carbocycles. The van der Waals surface area contributed by atoms with Gasteiger partial charge in [0.15, 0.2) is 0 Å². The van der Waals surface area contributed by atoms with Crippen LogP contribution < -0.4 is 0 Å². The van der Waals surface area contributed by atoms with E-state index in [0.29, 0.717) is 10.4 Å². The molecule has 2 rings (SSSR count). The maximum absolute atomic E-state index is 11.8. The highest BCUT2D eigenvalue weighted by Gasteiger charge is 2.21. The Kier molecular flexibility index (Phi) is 3.71. The molecule has 0 spiro atoms. The number of hydrogen-bond donors (Lipinski definition) is 1. The fourth-order valence-electron chi connectivity index (χ4n) is 1.75. The highest BCUT2D eigenvalue weighted by atomic mass is 35.5. The first-order chi connectivity index (χ1) is 9.02. The second kappa shape index (κ2) is 5.28. The van der Waals surface area contributed by atoms with Gasteiger partial charge in [0.1, 0.15) is 5.75 Å². The number of carbonyl (C=O) groups excluding carboxylic acids is 2. The van der Waals surface area contributed by atoms with Gasteiger partial charge in [-0.05, 0) is 42.0 Å². The Morgan fingerprint density at radius 2 is 1.95 bits per heavy atom. The Morgan fingerprint density at radius 1 is 1.21 bits per heavy atom. The first-order valence-electron chi connectivity index (χ1n) is 5.66. The zero-order valence-electron chi connectivity index (χ0n) is 10.1. The van der Waals surface area contributed by atoms with Gasteiger partial charge in [0.2, 0.25) is 0 Å². The summed E-state index contributed by atoms with van der Waals surface area (Å²) < 4.78 is 4.62. The quantitative estimate of drug-likeness (QED) is 0.533. The molecule has 0 radical (unpaired) electrons. The van der Waals surface area contributed by atoms with E-state index in [1.54, 1.807) is 25.1 Å². The monoisotopic (exact) mass is 278 g/mol. The maximum atomic E-state index is 11.8.